The number of hydrogen-bond donors (Lipinski definition) is 1. The van der Waals surface area contributed by atoms with E-state index in [1.54, 1.807) is 0 Å². The predicted molar refractivity (Wildman–Crippen MR) is 66.1 cm³/mol. The van der Waals surface area contributed by atoms with Gasteiger partial charge in [0.05, 0.1) is 5.69 Å². The molecule has 0 aliphatic heterocycles. The Morgan fingerprint density at radius 2 is 2.00 bits per heavy atom. The molecular weight excluding hydrogens is 198 g/mol. The van der Waals surface area contributed by atoms with E-state index in [0.29, 0.717) is 12.5 Å². The van der Waals surface area contributed by atoms with Gasteiger partial charge in [-0.25, -0.2) is 4.98 Å². The molecule has 0 saturated heterocycles. The predicted octanol–water partition coefficient (Wildman–Crippen LogP) is 2.15. The first kappa shape index (κ1) is 10.9. The fourth-order valence-electron chi connectivity index (χ4n) is 1.70. The van der Waals surface area contributed by atoms with Crippen molar-refractivity contribution < 1.29 is 0 Å². The Kier molecular flexibility index (Phi) is 3.06. The summed E-state index contributed by atoms with van der Waals surface area (Å²) in [6.45, 7) is 2.72. The van der Waals surface area contributed by atoms with Gasteiger partial charge in [-0.2, -0.15) is 0 Å². The van der Waals surface area contributed by atoms with Crippen molar-refractivity contribution in [2.24, 2.45) is 12.8 Å². The second kappa shape index (κ2) is 4.49. The summed E-state index contributed by atoms with van der Waals surface area (Å²) in [4.78, 5) is 4.63. The van der Waals surface area contributed by atoms with E-state index in [-0.39, 0.29) is 0 Å². The van der Waals surface area contributed by atoms with Crippen LogP contribution in [0.3, 0.4) is 0 Å². The minimum Gasteiger partial charge on any atom is -0.334 e. The number of benzene rings is 1. The minimum absolute atomic E-state index is 0.309. The molecule has 0 spiro atoms. The molecule has 84 valence electrons. The van der Waals surface area contributed by atoms with E-state index < -0.39 is 0 Å². The topological polar surface area (TPSA) is 43.8 Å². The van der Waals surface area contributed by atoms with Crippen LogP contribution in [-0.2, 0) is 7.05 Å². The van der Waals surface area contributed by atoms with Crippen LogP contribution in [0.1, 0.15) is 18.5 Å². The molecule has 3 nitrogen and oxygen atoms in total. The van der Waals surface area contributed by atoms with Crippen molar-refractivity contribution in [1.82, 2.24) is 9.55 Å². The van der Waals surface area contributed by atoms with Crippen molar-refractivity contribution in [3.63, 3.8) is 0 Å². The number of nitrogens with two attached hydrogens (primary N) is 1. The minimum atomic E-state index is 0.309. The highest BCUT2D eigenvalue weighted by Gasteiger charge is 2.11. The Labute approximate surface area is 95.9 Å². The normalized spacial score (nSPS) is 12.7. The summed E-state index contributed by atoms with van der Waals surface area (Å²) in [7, 11) is 2.02. The highest BCUT2D eigenvalue weighted by Crippen LogP contribution is 2.20. The SMILES string of the molecule is CC(CN)c1cn(C)c(-c2ccccc2)n1. The number of imidazole rings is 1. The first-order chi connectivity index (χ1) is 7.72. The summed E-state index contributed by atoms with van der Waals surface area (Å²) in [5.74, 6) is 1.31. The lowest BCUT2D eigenvalue weighted by Gasteiger charge is -2.02. The zero-order valence-electron chi connectivity index (χ0n) is 9.72. The Hall–Kier alpha value is -1.61. The highest BCUT2D eigenvalue weighted by atomic mass is 15.0. The first-order valence-electron chi connectivity index (χ1n) is 5.51. The third kappa shape index (κ3) is 1.99. The first-order valence-corrected chi connectivity index (χ1v) is 5.51. The number of aryl methyl sites for hydroxylation is 1. The zero-order chi connectivity index (χ0) is 11.5. The van der Waals surface area contributed by atoms with Crippen LogP contribution in [0.4, 0.5) is 0 Å². The number of aromatic nitrogens is 2. The average molecular weight is 215 g/mol. The van der Waals surface area contributed by atoms with E-state index >= 15 is 0 Å². The number of nitrogens with zero attached hydrogens (tertiary/aromatic N) is 2. The summed E-state index contributed by atoms with van der Waals surface area (Å²) < 4.78 is 2.05. The lowest BCUT2D eigenvalue weighted by Crippen LogP contribution is -2.09. The van der Waals surface area contributed by atoms with Crippen LogP contribution < -0.4 is 5.73 Å². The van der Waals surface area contributed by atoms with E-state index in [0.717, 1.165) is 17.1 Å². The van der Waals surface area contributed by atoms with Gasteiger partial charge < -0.3 is 10.3 Å². The number of rotatable bonds is 3. The molecular formula is C13H17N3. The van der Waals surface area contributed by atoms with Crippen LogP contribution in [0.15, 0.2) is 36.5 Å². The van der Waals surface area contributed by atoms with Gasteiger partial charge in [-0.15, -0.1) is 0 Å². The lowest BCUT2D eigenvalue weighted by molar-refractivity contribution is 0.749. The molecule has 2 N–H and O–H groups in total. The molecule has 0 radical (unpaired) electrons. The van der Waals surface area contributed by atoms with Crippen molar-refractivity contribution in [3.05, 3.63) is 42.2 Å². The monoisotopic (exact) mass is 215 g/mol. The molecule has 0 aliphatic carbocycles. The maximum Gasteiger partial charge on any atom is 0.139 e. The molecule has 1 atom stereocenters. The average Bonchev–Trinajstić information content (AvgIpc) is 2.71. The van der Waals surface area contributed by atoms with Crippen molar-refractivity contribution in [2.75, 3.05) is 6.54 Å². The quantitative estimate of drug-likeness (QED) is 0.852. The molecule has 2 aromatic rings. The van der Waals surface area contributed by atoms with Gasteiger partial charge in [-0.05, 0) is 0 Å². The second-order valence-electron chi connectivity index (χ2n) is 4.10. The number of hydrogen-bond acceptors (Lipinski definition) is 2. The maximum atomic E-state index is 5.65. The fourth-order valence-corrected chi connectivity index (χ4v) is 1.70. The molecule has 1 unspecified atom stereocenters. The Morgan fingerprint density at radius 1 is 1.31 bits per heavy atom. The lowest BCUT2D eigenvalue weighted by atomic mass is 10.1. The van der Waals surface area contributed by atoms with Crippen LogP contribution in [0.25, 0.3) is 11.4 Å². The molecule has 2 rings (SSSR count). The van der Waals surface area contributed by atoms with Gasteiger partial charge in [0.2, 0.25) is 0 Å². The van der Waals surface area contributed by atoms with Gasteiger partial charge in [0, 0.05) is 31.3 Å². The molecule has 0 saturated carbocycles. The third-order valence-corrected chi connectivity index (χ3v) is 2.79. The van der Waals surface area contributed by atoms with Gasteiger partial charge in [-0.1, -0.05) is 37.3 Å². The van der Waals surface area contributed by atoms with Crippen LogP contribution in [0.5, 0.6) is 0 Å². The Bertz CT molecular complexity index is 459. The van der Waals surface area contributed by atoms with Crippen molar-refractivity contribution in [1.29, 1.82) is 0 Å². The molecule has 1 heterocycles. The van der Waals surface area contributed by atoms with E-state index in [2.05, 4.69) is 34.8 Å². The fraction of sp³-hybridized carbons (Fsp3) is 0.308. The molecule has 1 aromatic carbocycles. The summed E-state index contributed by atoms with van der Waals surface area (Å²) in [6.07, 6.45) is 2.06. The molecule has 0 bridgehead atoms. The maximum absolute atomic E-state index is 5.65. The Balaban J connectivity index is 2.40. The van der Waals surface area contributed by atoms with Gasteiger partial charge in [0.25, 0.3) is 0 Å². The molecule has 0 aliphatic rings. The van der Waals surface area contributed by atoms with Crippen LogP contribution in [0, 0.1) is 0 Å². The third-order valence-electron chi connectivity index (χ3n) is 2.79. The standard InChI is InChI=1S/C13H17N3/c1-10(8-14)12-9-16(2)13(15-12)11-6-4-3-5-7-11/h3-7,9-10H,8,14H2,1-2H3. The van der Waals surface area contributed by atoms with Crippen molar-refractivity contribution in [2.45, 2.75) is 12.8 Å². The molecule has 0 fully saturated rings. The second-order valence-corrected chi connectivity index (χ2v) is 4.10. The summed E-state index contributed by atoms with van der Waals surface area (Å²) in [5.41, 5.74) is 7.85. The van der Waals surface area contributed by atoms with E-state index in [1.165, 1.54) is 0 Å². The molecule has 0 amide bonds. The summed E-state index contributed by atoms with van der Waals surface area (Å²) in [6, 6.07) is 10.2. The molecule has 3 heteroatoms. The zero-order valence-corrected chi connectivity index (χ0v) is 9.72. The van der Waals surface area contributed by atoms with Gasteiger partial charge in [-0.3, -0.25) is 0 Å². The van der Waals surface area contributed by atoms with E-state index in [9.17, 15) is 0 Å². The summed E-state index contributed by atoms with van der Waals surface area (Å²) in [5, 5.41) is 0. The largest absolute Gasteiger partial charge is 0.334 e. The highest BCUT2D eigenvalue weighted by molar-refractivity contribution is 5.55. The molecule has 1 aromatic heterocycles. The van der Waals surface area contributed by atoms with Crippen molar-refractivity contribution in [3.8, 4) is 11.4 Å². The van der Waals surface area contributed by atoms with Gasteiger partial charge in [0.15, 0.2) is 0 Å². The van der Waals surface area contributed by atoms with Crippen LogP contribution >= 0.6 is 0 Å². The summed E-state index contributed by atoms with van der Waals surface area (Å²) >= 11 is 0. The molecule has 16 heavy (non-hydrogen) atoms. The van der Waals surface area contributed by atoms with Crippen LogP contribution in [-0.4, -0.2) is 16.1 Å². The van der Waals surface area contributed by atoms with Crippen LogP contribution in [0.2, 0.25) is 0 Å². The van der Waals surface area contributed by atoms with Gasteiger partial charge >= 0.3 is 0 Å². The van der Waals surface area contributed by atoms with E-state index in [1.807, 2.05) is 25.2 Å². The smallest absolute Gasteiger partial charge is 0.139 e. The van der Waals surface area contributed by atoms with Crippen molar-refractivity contribution >= 4 is 0 Å². The Morgan fingerprint density at radius 3 is 2.62 bits per heavy atom. The van der Waals surface area contributed by atoms with E-state index in [4.69, 9.17) is 5.73 Å². The van der Waals surface area contributed by atoms with Gasteiger partial charge in [0.1, 0.15) is 5.82 Å².